The van der Waals surface area contributed by atoms with Crippen LogP contribution in [0.15, 0.2) is 0 Å². The summed E-state index contributed by atoms with van der Waals surface area (Å²) in [4.78, 5) is 16.2. The monoisotopic (exact) mass is 254 g/mol. The highest BCUT2D eigenvalue weighted by molar-refractivity contribution is 5.74. The molecule has 1 N–H and O–H groups in total. The molecule has 2 fully saturated rings. The van der Waals surface area contributed by atoms with Gasteiger partial charge in [-0.15, -0.1) is 0 Å². The van der Waals surface area contributed by atoms with Crippen molar-refractivity contribution in [1.29, 1.82) is 0 Å². The van der Waals surface area contributed by atoms with Crippen LogP contribution in [-0.2, 0) is 4.79 Å². The van der Waals surface area contributed by atoms with Crippen molar-refractivity contribution in [3.05, 3.63) is 0 Å². The zero-order valence-corrected chi connectivity index (χ0v) is 11.5. The molecule has 0 aromatic carbocycles. The van der Waals surface area contributed by atoms with Gasteiger partial charge in [0.15, 0.2) is 0 Å². The Labute approximate surface area is 110 Å². The first-order valence-corrected chi connectivity index (χ1v) is 7.41. The third kappa shape index (κ3) is 3.23. The molecule has 0 aliphatic carbocycles. The molecule has 2 heterocycles. The summed E-state index contributed by atoms with van der Waals surface area (Å²) in [5.41, 5.74) is 0. The quantitative estimate of drug-likeness (QED) is 0.831. The average molecular weight is 254 g/mol. The smallest absolute Gasteiger partial charge is 0.322 e. The minimum Gasteiger partial charge on any atom is -0.480 e. The lowest BCUT2D eigenvalue weighted by atomic mass is 10.00. The Morgan fingerprint density at radius 1 is 0.889 bits per heavy atom. The number of rotatable bonds is 4. The van der Waals surface area contributed by atoms with Gasteiger partial charge >= 0.3 is 5.97 Å². The molecule has 2 atom stereocenters. The van der Waals surface area contributed by atoms with Crippen LogP contribution >= 0.6 is 0 Å². The Balaban J connectivity index is 2.00. The van der Waals surface area contributed by atoms with E-state index in [0.717, 1.165) is 39.0 Å². The predicted molar refractivity (Wildman–Crippen MR) is 71.7 cm³/mol. The summed E-state index contributed by atoms with van der Waals surface area (Å²) >= 11 is 0. The highest BCUT2D eigenvalue weighted by atomic mass is 16.4. The fourth-order valence-corrected chi connectivity index (χ4v) is 3.39. The van der Waals surface area contributed by atoms with Crippen molar-refractivity contribution in [1.82, 2.24) is 9.80 Å². The molecule has 0 radical (unpaired) electrons. The number of likely N-dealkylation sites (tertiary alicyclic amines) is 2. The van der Waals surface area contributed by atoms with E-state index < -0.39 is 5.97 Å². The maximum atomic E-state index is 11.6. The largest absolute Gasteiger partial charge is 0.480 e. The summed E-state index contributed by atoms with van der Waals surface area (Å²) in [7, 11) is 0. The Bertz CT molecular complexity index is 271. The minimum atomic E-state index is -0.644. The van der Waals surface area contributed by atoms with Gasteiger partial charge in [-0.05, 0) is 58.8 Å². The van der Waals surface area contributed by atoms with Crippen LogP contribution in [0.3, 0.4) is 0 Å². The fourth-order valence-electron chi connectivity index (χ4n) is 3.39. The van der Waals surface area contributed by atoms with Crippen molar-refractivity contribution in [2.75, 3.05) is 26.2 Å². The van der Waals surface area contributed by atoms with E-state index in [1.54, 1.807) is 0 Å². The Morgan fingerprint density at radius 2 is 1.33 bits per heavy atom. The van der Waals surface area contributed by atoms with Gasteiger partial charge in [0.25, 0.3) is 0 Å². The molecular weight excluding hydrogens is 228 g/mol. The molecule has 2 saturated heterocycles. The first kappa shape index (κ1) is 13.8. The van der Waals surface area contributed by atoms with Gasteiger partial charge in [0.1, 0.15) is 6.04 Å². The Morgan fingerprint density at radius 3 is 1.78 bits per heavy atom. The van der Waals surface area contributed by atoms with E-state index in [2.05, 4.69) is 16.7 Å². The Hall–Kier alpha value is -0.610. The van der Waals surface area contributed by atoms with Gasteiger partial charge in [-0.3, -0.25) is 14.6 Å². The SMILES string of the molecule is C[C@@H]([C@H](C(=O)O)N1CCCCC1)N1CCCCC1. The van der Waals surface area contributed by atoms with Gasteiger partial charge in [0.05, 0.1) is 0 Å². The van der Waals surface area contributed by atoms with Gasteiger partial charge in [-0.1, -0.05) is 12.8 Å². The lowest BCUT2D eigenvalue weighted by molar-refractivity contribution is -0.146. The van der Waals surface area contributed by atoms with E-state index in [1.165, 1.54) is 25.7 Å². The van der Waals surface area contributed by atoms with Crippen LogP contribution in [0.4, 0.5) is 0 Å². The van der Waals surface area contributed by atoms with Crippen LogP contribution in [0.5, 0.6) is 0 Å². The number of hydrogen-bond donors (Lipinski definition) is 1. The number of nitrogens with zero attached hydrogens (tertiary/aromatic N) is 2. The number of aliphatic carboxylic acids is 1. The van der Waals surface area contributed by atoms with Crippen LogP contribution in [0, 0.1) is 0 Å². The van der Waals surface area contributed by atoms with Crippen molar-refractivity contribution in [3.8, 4) is 0 Å². The predicted octanol–water partition coefficient (Wildman–Crippen LogP) is 1.80. The molecule has 18 heavy (non-hydrogen) atoms. The topological polar surface area (TPSA) is 43.8 Å². The summed E-state index contributed by atoms with van der Waals surface area (Å²) in [5.74, 6) is -0.644. The molecule has 2 aliphatic heterocycles. The highest BCUT2D eigenvalue weighted by Gasteiger charge is 2.35. The zero-order chi connectivity index (χ0) is 13.0. The van der Waals surface area contributed by atoms with Crippen molar-refractivity contribution < 1.29 is 9.90 Å². The van der Waals surface area contributed by atoms with Crippen LogP contribution in [0.1, 0.15) is 45.4 Å². The first-order valence-electron chi connectivity index (χ1n) is 7.41. The van der Waals surface area contributed by atoms with Gasteiger partial charge < -0.3 is 5.11 Å². The number of carbonyl (C=O) groups is 1. The third-order valence-corrected chi connectivity index (χ3v) is 4.46. The van der Waals surface area contributed by atoms with Gasteiger partial charge in [-0.2, -0.15) is 0 Å². The number of hydrogen-bond acceptors (Lipinski definition) is 3. The minimum absolute atomic E-state index is 0.140. The molecule has 2 aliphatic rings. The second-order valence-corrected chi connectivity index (χ2v) is 5.72. The normalized spacial score (nSPS) is 26.7. The lowest BCUT2D eigenvalue weighted by Crippen LogP contribution is -2.56. The molecule has 0 spiro atoms. The fraction of sp³-hybridized carbons (Fsp3) is 0.929. The second-order valence-electron chi connectivity index (χ2n) is 5.72. The summed E-state index contributed by atoms with van der Waals surface area (Å²) in [6, 6.07) is -0.177. The summed E-state index contributed by atoms with van der Waals surface area (Å²) in [5, 5.41) is 9.56. The average Bonchev–Trinajstić information content (AvgIpc) is 2.40. The van der Waals surface area contributed by atoms with Crippen LogP contribution < -0.4 is 0 Å². The molecule has 0 saturated carbocycles. The molecule has 4 heteroatoms. The maximum Gasteiger partial charge on any atom is 0.322 e. The van der Waals surface area contributed by atoms with E-state index in [9.17, 15) is 9.90 Å². The van der Waals surface area contributed by atoms with Crippen molar-refractivity contribution in [2.45, 2.75) is 57.5 Å². The maximum absolute atomic E-state index is 11.6. The number of carboxylic acid groups (broad SMARTS) is 1. The van der Waals surface area contributed by atoms with Crippen LogP contribution in [0.25, 0.3) is 0 Å². The molecule has 4 nitrogen and oxygen atoms in total. The summed E-state index contributed by atoms with van der Waals surface area (Å²) < 4.78 is 0. The van der Waals surface area contributed by atoms with E-state index in [1.807, 2.05) is 0 Å². The first-order chi connectivity index (χ1) is 8.70. The molecule has 0 amide bonds. The van der Waals surface area contributed by atoms with Crippen molar-refractivity contribution in [3.63, 3.8) is 0 Å². The molecule has 2 rings (SSSR count). The van der Waals surface area contributed by atoms with E-state index in [4.69, 9.17) is 0 Å². The zero-order valence-electron chi connectivity index (χ0n) is 11.5. The van der Waals surface area contributed by atoms with Crippen molar-refractivity contribution >= 4 is 5.97 Å². The standard InChI is InChI=1S/C14H26N2O2/c1-12(15-8-4-2-5-9-15)13(14(17)18)16-10-6-3-7-11-16/h12-13H,2-11H2,1H3,(H,17,18)/t12-,13+/m0/s1. The van der Waals surface area contributed by atoms with E-state index in [0.29, 0.717) is 0 Å². The molecular formula is C14H26N2O2. The summed E-state index contributed by atoms with van der Waals surface area (Å²) in [6.07, 6.45) is 7.28. The molecule has 0 aromatic heterocycles. The van der Waals surface area contributed by atoms with Gasteiger partial charge in [0, 0.05) is 6.04 Å². The van der Waals surface area contributed by atoms with E-state index >= 15 is 0 Å². The molecule has 0 unspecified atom stereocenters. The Kier molecular flexibility index (Phi) is 5.01. The van der Waals surface area contributed by atoms with Crippen molar-refractivity contribution in [2.24, 2.45) is 0 Å². The molecule has 0 aromatic rings. The third-order valence-electron chi connectivity index (χ3n) is 4.46. The molecule has 0 bridgehead atoms. The second kappa shape index (κ2) is 6.53. The van der Waals surface area contributed by atoms with E-state index in [-0.39, 0.29) is 12.1 Å². The lowest BCUT2D eigenvalue weighted by Gasteiger charge is -2.41. The van der Waals surface area contributed by atoms with Crippen LogP contribution in [0.2, 0.25) is 0 Å². The number of piperidine rings is 2. The number of carboxylic acids is 1. The molecule has 104 valence electrons. The summed E-state index contributed by atoms with van der Waals surface area (Å²) in [6.45, 7) is 6.14. The van der Waals surface area contributed by atoms with Gasteiger partial charge in [-0.25, -0.2) is 0 Å². The van der Waals surface area contributed by atoms with Gasteiger partial charge in [0.2, 0.25) is 0 Å². The van der Waals surface area contributed by atoms with Crippen LogP contribution in [-0.4, -0.2) is 59.1 Å². The highest BCUT2D eigenvalue weighted by Crippen LogP contribution is 2.20.